The molecule has 0 aliphatic heterocycles. The van der Waals surface area contributed by atoms with Gasteiger partial charge in [0.05, 0.1) is 13.7 Å². The van der Waals surface area contributed by atoms with Crippen molar-refractivity contribution < 1.29 is 9.47 Å². The molecule has 0 saturated heterocycles. The average Bonchev–Trinajstić information content (AvgIpc) is 2.96. The van der Waals surface area contributed by atoms with E-state index in [1.165, 1.54) is 0 Å². The van der Waals surface area contributed by atoms with E-state index in [1.807, 2.05) is 23.6 Å². The number of methoxy groups -OCH3 is 1. The van der Waals surface area contributed by atoms with Crippen molar-refractivity contribution in [2.24, 2.45) is 0 Å². The molecular weight excluding hydrogens is 260 g/mol. The molecule has 1 aromatic carbocycles. The molecule has 0 aliphatic rings. The first kappa shape index (κ1) is 13.7. The lowest BCUT2D eigenvalue weighted by Gasteiger charge is -2.11. The van der Waals surface area contributed by atoms with Gasteiger partial charge in [-0.25, -0.2) is 4.98 Å². The van der Waals surface area contributed by atoms with Gasteiger partial charge in [-0.2, -0.15) is 0 Å². The van der Waals surface area contributed by atoms with Gasteiger partial charge in [-0.3, -0.25) is 0 Å². The second-order valence-corrected chi connectivity index (χ2v) is 4.92. The minimum Gasteiger partial charge on any atom is -0.493 e. The first-order valence-corrected chi connectivity index (χ1v) is 7.14. The lowest BCUT2D eigenvalue weighted by Crippen LogP contribution is -2.01. The molecule has 0 aliphatic carbocycles. The van der Waals surface area contributed by atoms with Gasteiger partial charge in [0.15, 0.2) is 16.6 Å². The van der Waals surface area contributed by atoms with Gasteiger partial charge in [-0.1, -0.05) is 13.0 Å². The smallest absolute Gasteiger partial charge is 0.182 e. The number of hydrogen-bond acceptors (Lipinski definition) is 5. The highest BCUT2D eigenvalue weighted by molar-refractivity contribution is 7.13. The van der Waals surface area contributed by atoms with E-state index in [2.05, 4.69) is 17.2 Å². The fraction of sp³-hybridized carbons (Fsp3) is 0.357. The maximum absolute atomic E-state index is 5.63. The minimum atomic E-state index is 0.701. The molecule has 0 spiro atoms. The average molecular weight is 278 g/mol. The second kappa shape index (κ2) is 6.99. The predicted molar refractivity (Wildman–Crippen MR) is 78.2 cm³/mol. The zero-order valence-corrected chi connectivity index (χ0v) is 12.0. The molecule has 2 aromatic rings. The maximum atomic E-state index is 5.63. The molecule has 0 radical (unpaired) electrons. The Morgan fingerprint density at radius 1 is 1.32 bits per heavy atom. The highest BCUT2D eigenvalue weighted by atomic mass is 32.1. The van der Waals surface area contributed by atoms with E-state index < -0.39 is 0 Å². The van der Waals surface area contributed by atoms with Crippen molar-refractivity contribution in [1.29, 1.82) is 0 Å². The molecule has 0 saturated carbocycles. The van der Waals surface area contributed by atoms with Gasteiger partial charge in [0, 0.05) is 18.1 Å². The highest BCUT2D eigenvalue weighted by Crippen LogP contribution is 2.28. The lowest BCUT2D eigenvalue weighted by atomic mass is 10.2. The van der Waals surface area contributed by atoms with Crippen LogP contribution < -0.4 is 14.8 Å². The SMILES string of the molecule is CCCOc1ccc(CNc2nccs2)cc1OC. The van der Waals surface area contributed by atoms with E-state index in [0.717, 1.165) is 35.2 Å². The zero-order chi connectivity index (χ0) is 13.5. The van der Waals surface area contributed by atoms with Crippen LogP contribution in [0.1, 0.15) is 18.9 Å². The number of ether oxygens (including phenoxy) is 2. The van der Waals surface area contributed by atoms with Gasteiger partial charge >= 0.3 is 0 Å². The molecule has 5 heteroatoms. The molecule has 1 N–H and O–H groups in total. The predicted octanol–water partition coefficient (Wildman–Crippen LogP) is 3.55. The zero-order valence-electron chi connectivity index (χ0n) is 11.2. The van der Waals surface area contributed by atoms with E-state index in [1.54, 1.807) is 24.6 Å². The summed E-state index contributed by atoms with van der Waals surface area (Å²) in [6.07, 6.45) is 2.77. The summed E-state index contributed by atoms with van der Waals surface area (Å²) in [5.74, 6) is 1.56. The van der Waals surface area contributed by atoms with E-state index in [0.29, 0.717) is 6.61 Å². The van der Waals surface area contributed by atoms with E-state index >= 15 is 0 Å². The Morgan fingerprint density at radius 3 is 2.89 bits per heavy atom. The Kier molecular flexibility index (Phi) is 5.03. The number of hydrogen-bond donors (Lipinski definition) is 1. The number of anilines is 1. The summed E-state index contributed by atoms with van der Waals surface area (Å²) >= 11 is 1.59. The van der Waals surface area contributed by atoms with Crippen LogP contribution in [-0.4, -0.2) is 18.7 Å². The second-order valence-electron chi connectivity index (χ2n) is 4.02. The molecule has 4 nitrogen and oxygen atoms in total. The third-order valence-corrected chi connectivity index (χ3v) is 3.30. The van der Waals surface area contributed by atoms with Gasteiger partial charge in [0.25, 0.3) is 0 Å². The molecule has 102 valence electrons. The topological polar surface area (TPSA) is 43.4 Å². The first-order chi connectivity index (χ1) is 9.33. The third-order valence-electron chi connectivity index (χ3n) is 2.57. The Bertz CT molecular complexity index is 500. The third kappa shape index (κ3) is 3.86. The number of nitrogens with zero attached hydrogens (tertiary/aromatic N) is 1. The largest absolute Gasteiger partial charge is 0.493 e. The summed E-state index contributed by atoms with van der Waals surface area (Å²) in [5, 5.41) is 6.14. The summed E-state index contributed by atoms with van der Waals surface area (Å²) < 4.78 is 11.0. The van der Waals surface area contributed by atoms with Gasteiger partial charge in [-0.05, 0) is 24.1 Å². The fourth-order valence-electron chi connectivity index (χ4n) is 1.64. The number of benzene rings is 1. The first-order valence-electron chi connectivity index (χ1n) is 6.26. The molecule has 0 fully saturated rings. The number of aromatic nitrogens is 1. The van der Waals surface area contributed by atoms with E-state index in [4.69, 9.17) is 9.47 Å². The Labute approximate surface area is 117 Å². The molecule has 0 atom stereocenters. The Hall–Kier alpha value is -1.75. The van der Waals surface area contributed by atoms with Crippen LogP contribution in [0.3, 0.4) is 0 Å². The van der Waals surface area contributed by atoms with Crippen LogP contribution in [0.2, 0.25) is 0 Å². The number of nitrogens with one attached hydrogen (secondary N) is 1. The van der Waals surface area contributed by atoms with Crippen molar-refractivity contribution in [2.75, 3.05) is 19.0 Å². The molecule has 2 rings (SSSR count). The summed E-state index contributed by atoms with van der Waals surface area (Å²) in [6.45, 7) is 3.50. The molecule has 1 aromatic heterocycles. The summed E-state index contributed by atoms with van der Waals surface area (Å²) in [7, 11) is 1.66. The van der Waals surface area contributed by atoms with Crippen molar-refractivity contribution in [2.45, 2.75) is 19.9 Å². The molecular formula is C14H18N2O2S. The number of thiazole rings is 1. The minimum absolute atomic E-state index is 0.701. The molecule has 19 heavy (non-hydrogen) atoms. The van der Waals surface area contributed by atoms with Crippen molar-refractivity contribution in [1.82, 2.24) is 4.98 Å². The summed E-state index contributed by atoms with van der Waals surface area (Å²) in [5.41, 5.74) is 1.14. The van der Waals surface area contributed by atoms with Crippen LogP contribution in [0.25, 0.3) is 0 Å². The van der Waals surface area contributed by atoms with Crippen molar-refractivity contribution in [3.05, 3.63) is 35.3 Å². The number of rotatable bonds is 7. The molecule has 0 unspecified atom stereocenters. The van der Waals surface area contributed by atoms with Gasteiger partial charge in [0.1, 0.15) is 0 Å². The fourth-order valence-corrected chi connectivity index (χ4v) is 2.17. The van der Waals surface area contributed by atoms with Crippen LogP contribution >= 0.6 is 11.3 Å². The van der Waals surface area contributed by atoms with Gasteiger partial charge < -0.3 is 14.8 Å². The van der Waals surface area contributed by atoms with Gasteiger partial charge in [0.2, 0.25) is 0 Å². The highest BCUT2D eigenvalue weighted by Gasteiger charge is 2.05. The van der Waals surface area contributed by atoms with Gasteiger partial charge in [-0.15, -0.1) is 11.3 Å². The normalized spacial score (nSPS) is 10.2. The lowest BCUT2D eigenvalue weighted by molar-refractivity contribution is 0.294. The maximum Gasteiger partial charge on any atom is 0.182 e. The van der Waals surface area contributed by atoms with Crippen LogP contribution in [0.4, 0.5) is 5.13 Å². The van der Waals surface area contributed by atoms with Crippen LogP contribution in [0.15, 0.2) is 29.8 Å². The quantitative estimate of drug-likeness (QED) is 0.841. The van der Waals surface area contributed by atoms with Crippen molar-refractivity contribution >= 4 is 16.5 Å². The van der Waals surface area contributed by atoms with Crippen LogP contribution in [-0.2, 0) is 6.54 Å². The van der Waals surface area contributed by atoms with E-state index in [9.17, 15) is 0 Å². The Morgan fingerprint density at radius 2 is 2.21 bits per heavy atom. The molecule has 1 heterocycles. The monoisotopic (exact) mass is 278 g/mol. The molecule has 0 amide bonds. The van der Waals surface area contributed by atoms with Crippen LogP contribution in [0.5, 0.6) is 11.5 Å². The van der Waals surface area contributed by atoms with Crippen LogP contribution in [0, 0.1) is 0 Å². The standard InChI is InChI=1S/C14H18N2O2S/c1-3-7-18-12-5-4-11(9-13(12)17-2)10-16-14-15-6-8-19-14/h4-6,8-9H,3,7,10H2,1-2H3,(H,15,16). The van der Waals surface area contributed by atoms with E-state index in [-0.39, 0.29) is 0 Å². The summed E-state index contributed by atoms with van der Waals surface area (Å²) in [4.78, 5) is 4.18. The summed E-state index contributed by atoms with van der Waals surface area (Å²) in [6, 6.07) is 5.98. The van der Waals surface area contributed by atoms with Crippen molar-refractivity contribution in [3.8, 4) is 11.5 Å². The van der Waals surface area contributed by atoms with Crippen molar-refractivity contribution in [3.63, 3.8) is 0 Å². The molecule has 0 bridgehead atoms. The Balaban J connectivity index is 2.01.